The molecule has 0 N–H and O–H groups in total. The third-order valence-electron chi connectivity index (χ3n) is 5.68. The molecule has 0 aliphatic heterocycles. The summed E-state index contributed by atoms with van der Waals surface area (Å²) in [7, 11) is 1.40. The fourth-order valence-corrected chi connectivity index (χ4v) is 4.13. The Kier molecular flexibility index (Phi) is 4.07. The molecule has 26 heavy (non-hydrogen) atoms. The van der Waals surface area contributed by atoms with Crippen LogP contribution in [0.5, 0.6) is 0 Å². The van der Waals surface area contributed by atoms with Crippen molar-refractivity contribution in [1.82, 2.24) is 0 Å². The Balaban J connectivity index is 1.75. The van der Waals surface area contributed by atoms with E-state index < -0.39 is 0 Å². The van der Waals surface area contributed by atoms with Crippen molar-refractivity contribution in [3.8, 4) is 11.1 Å². The van der Waals surface area contributed by atoms with Crippen molar-refractivity contribution in [3.05, 3.63) is 71.3 Å². The molecule has 0 radical (unpaired) electrons. The number of hydrogen-bond acceptors (Lipinski definition) is 2. The van der Waals surface area contributed by atoms with Crippen LogP contribution in [0.15, 0.2) is 54.6 Å². The molecule has 3 aromatic carbocycles. The number of aryl methyl sites for hydroxylation is 1. The molecular formula is C24H24O2. The summed E-state index contributed by atoms with van der Waals surface area (Å²) in [6.07, 6.45) is 3.70. The van der Waals surface area contributed by atoms with Crippen LogP contribution in [-0.2, 0) is 16.6 Å². The van der Waals surface area contributed by atoms with Gasteiger partial charge in [0.1, 0.15) is 0 Å². The van der Waals surface area contributed by atoms with Crippen LogP contribution in [0.25, 0.3) is 21.9 Å². The molecule has 0 fully saturated rings. The molecule has 0 atom stereocenters. The maximum absolute atomic E-state index is 11.6. The van der Waals surface area contributed by atoms with Gasteiger partial charge in [0.25, 0.3) is 0 Å². The highest BCUT2D eigenvalue weighted by molar-refractivity contribution is 5.91. The van der Waals surface area contributed by atoms with Crippen molar-refractivity contribution in [2.75, 3.05) is 7.11 Å². The Labute approximate surface area is 154 Å². The summed E-state index contributed by atoms with van der Waals surface area (Å²) in [6.45, 7) is 4.71. The molecule has 0 heterocycles. The van der Waals surface area contributed by atoms with Gasteiger partial charge in [-0.15, -0.1) is 0 Å². The van der Waals surface area contributed by atoms with Crippen LogP contribution < -0.4 is 0 Å². The third kappa shape index (κ3) is 2.90. The lowest BCUT2D eigenvalue weighted by atomic mass is 9.72. The Bertz CT molecular complexity index is 981. The molecule has 4 rings (SSSR count). The van der Waals surface area contributed by atoms with Gasteiger partial charge in [0.2, 0.25) is 0 Å². The van der Waals surface area contributed by atoms with Gasteiger partial charge in [-0.25, -0.2) is 4.79 Å². The molecule has 2 nitrogen and oxygen atoms in total. The lowest BCUT2D eigenvalue weighted by molar-refractivity contribution is 0.0601. The molecule has 0 spiro atoms. The van der Waals surface area contributed by atoms with E-state index in [1.165, 1.54) is 53.8 Å². The van der Waals surface area contributed by atoms with Gasteiger partial charge in [0.05, 0.1) is 12.7 Å². The summed E-state index contributed by atoms with van der Waals surface area (Å²) >= 11 is 0. The first kappa shape index (κ1) is 16.8. The molecule has 1 aliphatic carbocycles. The molecule has 1 aliphatic rings. The normalized spacial score (nSPS) is 15.5. The highest BCUT2D eigenvalue weighted by Crippen LogP contribution is 2.39. The number of methoxy groups -OCH3 is 1. The van der Waals surface area contributed by atoms with E-state index in [0.717, 1.165) is 5.56 Å². The Morgan fingerprint density at radius 1 is 0.923 bits per heavy atom. The predicted molar refractivity (Wildman–Crippen MR) is 107 cm³/mol. The Hall–Kier alpha value is -2.61. The van der Waals surface area contributed by atoms with Crippen molar-refractivity contribution in [3.63, 3.8) is 0 Å². The van der Waals surface area contributed by atoms with Crippen molar-refractivity contribution in [2.24, 2.45) is 0 Å². The van der Waals surface area contributed by atoms with E-state index >= 15 is 0 Å². The Morgan fingerprint density at radius 3 is 2.38 bits per heavy atom. The molecule has 3 aromatic rings. The quantitative estimate of drug-likeness (QED) is 0.540. The maximum atomic E-state index is 11.6. The number of esters is 1. The van der Waals surface area contributed by atoms with Crippen molar-refractivity contribution >= 4 is 16.7 Å². The molecule has 0 unspecified atom stereocenters. The number of carbonyl (C=O) groups excluding carboxylic acids is 1. The van der Waals surface area contributed by atoms with Crippen LogP contribution in [0.2, 0.25) is 0 Å². The molecule has 0 aromatic heterocycles. The van der Waals surface area contributed by atoms with Crippen molar-refractivity contribution in [1.29, 1.82) is 0 Å². The lowest BCUT2D eigenvalue weighted by Gasteiger charge is -2.33. The average Bonchev–Trinajstić information content (AvgIpc) is 2.66. The lowest BCUT2D eigenvalue weighted by Crippen LogP contribution is -2.23. The van der Waals surface area contributed by atoms with E-state index in [1.54, 1.807) is 0 Å². The first-order valence-electron chi connectivity index (χ1n) is 9.24. The number of carbonyl (C=O) groups is 1. The topological polar surface area (TPSA) is 26.3 Å². The third-order valence-corrected chi connectivity index (χ3v) is 5.68. The van der Waals surface area contributed by atoms with Gasteiger partial charge in [-0.2, -0.15) is 0 Å². The van der Waals surface area contributed by atoms with E-state index in [1.807, 2.05) is 24.3 Å². The summed E-state index contributed by atoms with van der Waals surface area (Å²) < 4.78 is 4.77. The second-order valence-corrected chi connectivity index (χ2v) is 7.88. The van der Waals surface area contributed by atoms with E-state index in [4.69, 9.17) is 4.74 Å². The highest BCUT2D eigenvalue weighted by Gasteiger charge is 2.27. The number of rotatable bonds is 2. The molecular weight excluding hydrogens is 320 g/mol. The second kappa shape index (κ2) is 6.28. The van der Waals surface area contributed by atoms with Crippen molar-refractivity contribution < 1.29 is 9.53 Å². The zero-order valence-electron chi connectivity index (χ0n) is 15.6. The van der Waals surface area contributed by atoms with Gasteiger partial charge in [-0.3, -0.25) is 0 Å². The Morgan fingerprint density at radius 2 is 1.65 bits per heavy atom. The molecule has 2 heteroatoms. The zero-order chi connectivity index (χ0) is 18.3. The van der Waals surface area contributed by atoms with Crippen LogP contribution in [-0.4, -0.2) is 13.1 Å². The molecule has 0 saturated heterocycles. The van der Waals surface area contributed by atoms with E-state index in [-0.39, 0.29) is 11.4 Å². The summed E-state index contributed by atoms with van der Waals surface area (Å²) in [5, 5.41) is 2.59. The van der Waals surface area contributed by atoms with Crippen LogP contribution in [0, 0.1) is 0 Å². The van der Waals surface area contributed by atoms with Gasteiger partial charge in [0, 0.05) is 0 Å². The highest BCUT2D eigenvalue weighted by atomic mass is 16.5. The number of hydrogen-bond donors (Lipinski definition) is 0. The maximum Gasteiger partial charge on any atom is 0.337 e. The minimum absolute atomic E-state index is 0.268. The van der Waals surface area contributed by atoms with Gasteiger partial charge in [0.15, 0.2) is 0 Å². The smallest absolute Gasteiger partial charge is 0.337 e. The van der Waals surface area contributed by atoms with E-state index in [9.17, 15) is 4.79 Å². The molecule has 0 amide bonds. The van der Waals surface area contributed by atoms with Gasteiger partial charge in [-0.1, -0.05) is 50.2 Å². The predicted octanol–water partition coefficient (Wildman–Crippen LogP) is 5.91. The van der Waals surface area contributed by atoms with Crippen LogP contribution in [0.3, 0.4) is 0 Å². The summed E-state index contributed by atoms with van der Waals surface area (Å²) in [4.78, 5) is 11.6. The standard InChI is InChI=1S/C24H24O2/c1-24(2)12-4-5-20-14-21-13-18(10-11-19(21)15-22(20)24)16-6-8-17(9-7-16)23(25)26-3/h6-11,13-15H,4-5,12H2,1-3H3. The number of ether oxygens (including phenoxy) is 1. The molecule has 0 saturated carbocycles. The summed E-state index contributed by atoms with van der Waals surface area (Å²) in [5.41, 5.74) is 6.12. The fraction of sp³-hybridized carbons (Fsp3) is 0.292. The van der Waals surface area contributed by atoms with Gasteiger partial charge < -0.3 is 4.74 Å². The van der Waals surface area contributed by atoms with E-state index in [0.29, 0.717) is 5.56 Å². The summed E-state index contributed by atoms with van der Waals surface area (Å²) in [6, 6.07) is 19.0. The zero-order valence-corrected chi connectivity index (χ0v) is 15.6. The fourth-order valence-electron chi connectivity index (χ4n) is 4.13. The molecule has 132 valence electrons. The van der Waals surface area contributed by atoms with Crippen LogP contribution >= 0.6 is 0 Å². The van der Waals surface area contributed by atoms with Gasteiger partial charge >= 0.3 is 5.97 Å². The minimum Gasteiger partial charge on any atom is -0.465 e. The van der Waals surface area contributed by atoms with Crippen LogP contribution in [0.4, 0.5) is 0 Å². The van der Waals surface area contributed by atoms with Crippen LogP contribution in [0.1, 0.15) is 48.2 Å². The summed E-state index contributed by atoms with van der Waals surface area (Å²) in [5.74, 6) is -0.302. The monoisotopic (exact) mass is 344 g/mol. The van der Waals surface area contributed by atoms with Gasteiger partial charge in [-0.05, 0) is 75.9 Å². The molecule has 0 bridgehead atoms. The first-order valence-corrected chi connectivity index (χ1v) is 9.24. The largest absolute Gasteiger partial charge is 0.465 e. The second-order valence-electron chi connectivity index (χ2n) is 7.88. The van der Waals surface area contributed by atoms with Crippen molar-refractivity contribution in [2.45, 2.75) is 38.5 Å². The first-order chi connectivity index (χ1) is 12.5. The minimum atomic E-state index is -0.302. The number of fused-ring (bicyclic) bond motifs is 2. The average molecular weight is 344 g/mol. The SMILES string of the molecule is COC(=O)c1ccc(-c2ccc3cc4c(cc3c2)CCCC4(C)C)cc1. The van der Waals surface area contributed by atoms with E-state index in [2.05, 4.69) is 44.2 Å². The number of benzene rings is 3.